The summed E-state index contributed by atoms with van der Waals surface area (Å²) in [5, 5.41) is 3.63. The van der Waals surface area contributed by atoms with Crippen molar-refractivity contribution in [1.29, 1.82) is 0 Å². The normalized spacial score (nSPS) is 14.6. The van der Waals surface area contributed by atoms with Crippen molar-refractivity contribution in [3.05, 3.63) is 71.2 Å². The number of benzene rings is 3. The predicted octanol–water partition coefficient (Wildman–Crippen LogP) is 5.29. The van der Waals surface area contributed by atoms with Gasteiger partial charge in [-0.15, -0.1) is 11.3 Å². The molecule has 1 aliphatic rings. The topological polar surface area (TPSA) is 30.3 Å². The summed E-state index contributed by atoms with van der Waals surface area (Å²) < 4.78 is 9.80. The van der Waals surface area contributed by atoms with Crippen molar-refractivity contribution in [2.24, 2.45) is 7.05 Å². The minimum absolute atomic E-state index is 0.589. The van der Waals surface area contributed by atoms with Gasteiger partial charge >= 0.3 is 0 Å². The van der Waals surface area contributed by atoms with E-state index in [2.05, 4.69) is 71.1 Å². The molecule has 1 aliphatic heterocycles. The van der Waals surface area contributed by atoms with E-state index in [1.165, 1.54) is 32.1 Å². The van der Waals surface area contributed by atoms with Crippen LogP contribution in [0.2, 0.25) is 0 Å². The minimum Gasteiger partial charge on any atom is -0.477 e. The SMILES string of the molecule is Cn1c2ccccc2c2c3c(ccc21)CN(Cc1nc2ccccc2s1)CO3. The van der Waals surface area contributed by atoms with Crippen LogP contribution in [0.1, 0.15) is 10.6 Å². The van der Waals surface area contributed by atoms with E-state index in [4.69, 9.17) is 9.72 Å². The number of hydrogen-bond acceptors (Lipinski definition) is 4. The second kappa shape index (κ2) is 6.06. The molecule has 6 rings (SSSR count). The van der Waals surface area contributed by atoms with Crippen LogP contribution >= 0.6 is 11.3 Å². The molecule has 5 heteroatoms. The number of aryl methyl sites for hydroxylation is 1. The summed E-state index contributed by atoms with van der Waals surface area (Å²) in [7, 11) is 2.12. The van der Waals surface area contributed by atoms with Crippen LogP contribution in [0.5, 0.6) is 5.75 Å². The number of ether oxygens (including phenoxy) is 1. The van der Waals surface area contributed by atoms with Crippen LogP contribution in [0, 0.1) is 0 Å². The Labute approximate surface area is 166 Å². The Morgan fingerprint density at radius 3 is 2.79 bits per heavy atom. The average Bonchev–Trinajstić information content (AvgIpc) is 3.27. The summed E-state index contributed by atoms with van der Waals surface area (Å²) in [6, 6.07) is 21.3. The molecule has 0 unspecified atom stereocenters. The lowest BCUT2D eigenvalue weighted by atomic mass is 10.1. The fraction of sp³-hybridized carbons (Fsp3) is 0.174. The van der Waals surface area contributed by atoms with Crippen molar-refractivity contribution < 1.29 is 4.74 Å². The lowest BCUT2D eigenvalue weighted by Crippen LogP contribution is -2.31. The second-order valence-corrected chi connectivity index (χ2v) is 8.48. The molecule has 0 atom stereocenters. The molecule has 5 aromatic rings. The van der Waals surface area contributed by atoms with Gasteiger partial charge in [-0.05, 0) is 24.3 Å². The molecule has 0 saturated heterocycles. The first-order valence-corrected chi connectivity index (χ1v) is 10.3. The van der Waals surface area contributed by atoms with E-state index in [1.54, 1.807) is 11.3 Å². The van der Waals surface area contributed by atoms with Gasteiger partial charge in [-0.2, -0.15) is 0 Å². The highest BCUT2D eigenvalue weighted by atomic mass is 32.1. The minimum atomic E-state index is 0.589. The monoisotopic (exact) mass is 385 g/mol. The van der Waals surface area contributed by atoms with Gasteiger partial charge < -0.3 is 9.30 Å². The van der Waals surface area contributed by atoms with Crippen molar-refractivity contribution in [2.75, 3.05) is 6.73 Å². The highest BCUT2D eigenvalue weighted by Gasteiger charge is 2.23. The van der Waals surface area contributed by atoms with E-state index in [-0.39, 0.29) is 0 Å². The van der Waals surface area contributed by atoms with E-state index in [0.29, 0.717) is 6.73 Å². The maximum absolute atomic E-state index is 6.31. The van der Waals surface area contributed by atoms with Crippen LogP contribution in [0.15, 0.2) is 60.7 Å². The van der Waals surface area contributed by atoms with Gasteiger partial charge in [0.05, 0.1) is 22.3 Å². The Kier molecular flexibility index (Phi) is 3.48. The molecular formula is C23H19N3OS. The van der Waals surface area contributed by atoms with Gasteiger partial charge in [-0.3, -0.25) is 4.90 Å². The Morgan fingerprint density at radius 2 is 1.86 bits per heavy atom. The number of nitrogens with zero attached hydrogens (tertiary/aromatic N) is 3. The van der Waals surface area contributed by atoms with Gasteiger partial charge in [-0.1, -0.05) is 36.4 Å². The maximum Gasteiger partial charge on any atom is 0.142 e. The Bertz CT molecular complexity index is 1320. The van der Waals surface area contributed by atoms with Gasteiger partial charge in [0.2, 0.25) is 0 Å². The van der Waals surface area contributed by atoms with Crippen molar-refractivity contribution >= 4 is 43.4 Å². The Morgan fingerprint density at radius 1 is 1.00 bits per heavy atom. The van der Waals surface area contributed by atoms with Crippen LogP contribution in [0.3, 0.4) is 0 Å². The zero-order chi connectivity index (χ0) is 18.7. The standard InChI is InChI=1S/C23H19N3OS/c1-25-18-8-4-2-6-16(18)22-19(25)11-10-15-12-26(14-27-23(15)22)13-21-24-17-7-3-5-9-20(17)28-21/h2-11H,12-14H2,1H3. The fourth-order valence-electron chi connectivity index (χ4n) is 4.27. The lowest BCUT2D eigenvalue weighted by Gasteiger charge is -2.28. The summed E-state index contributed by atoms with van der Waals surface area (Å²) in [4.78, 5) is 7.09. The van der Waals surface area contributed by atoms with Crippen LogP contribution in [-0.4, -0.2) is 21.2 Å². The second-order valence-electron chi connectivity index (χ2n) is 7.36. The molecule has 0 amide bonds. The van der Waals surface area contributed by atoms with Crippen LogP contribution in [-0.2, 0) is 20.1 Å². The first kappa shape index (κ1) is 16.1. The quantitative estimate of drug-likeness (QED) is 0.413. The number of aromatic nitrogens is 2. The average molecular weight is 385 g/mol. The number of rotatable bonds is 2. The van der Waals surface area contributed by atoms with Crippen molar-refractivity contribution in [1.82, 2.24) is 14.5 Å². The van der Waals surface area contributed by atoms with Crippen LogP contribution < -0.4 is 4.74 Å². The smallest absolute Gasteiger partial charge is 0.142 e. The number of fused-ring (bicyclic) bond motifs is 6. The lowest BCUT2D eigenvalue weighted by molar-refractivity contribution is 0.0904. The van der Waals surface area contributed by atoms with E-state index in [1.807, 2.05) is 6.07 Å². The molecule has 3 heterocycles. The molecule has 0 N–H and O–H groups in total. The number of thiazole rings is 1. The van der Waals surface area contributed by atoms with E-state index >= 15 is 0 Å². The fourth-order valence-corrected chi connectivity index (χ4v) is 5.28. The third-order valence-corrected chi connectivity index (χ3v) is 6.62. The van der Waals surface area contributed by atoms with Crippen LogP contribution in [0.25, 0.3) is 32.0 Å². The number of para-hydroxylation sites is 2. The van der Waals surface area contributed by atoms with Crippen molar-refractivity contribution in [3.63, 3.8) is 0 Å². The molecule has 0 radical (unpaired) electrons. The molecule has 138 valence electrons. The van der Waals surface area contributed by atoms with Gasteiger partial charge in [0.15, 0.2) is 0 Å². The highest BCUT2D eigenvalue weighted by Crippen LogP contribution is 2.39. The Balaban J connectivity index is 1.37. The Hall–Kier alpha value is -2.89. The number of hydrogen-bond donors (Lipinski definition) is 0. The molecule has 3 aromatic carbocycles. The van der Waals surface area contributed by atoms with Crippen LogP contribution in [0.4, 0.5) is 0 Å². The molecule has 0 bridgehead atoms. The summed E-state index contributed by atoms with van der Waals surface area (Å²) in [5.41, 5.74) is 4.79. The zero-order valence-corrected chi connectivity index (χ0v) is 16.4. The van der Waals surface area contributed by atoms with E-state index in [9.17, 15) is 0 Å². The van der Waals surface area contributed by atoms with Gasteiger partial charge in [0.25, 0.3) is 0 Å². The highest BCUT2D eigenvalue weighted by molar-refractivity contribution is 7.18. The third kappa shape index (κ3) is 2.37. The molecule has 0 aliphatic carbocycles. The third-order valence-electron chi connectivity index (χ3n) is 5.60. The molecule has 0 saturated carbocycles. The maximum atomic E-state index is 6.31. The molecule has 0 fully saturated rings. The van der Waals surface area contributed by atoms with Crippen molar-refractivity contribution in [2.45, 2.75) is 13.1 Å². The van der Waals surface area contributed by atoms with E-state index < -0.39 is 0 Å². The molecule has 2 aromatic heterocycles. The molecule has 0 spiro atoms. The zero-order valence-electron chi connectivity index (χ0n) is 15.6. The molecular weight excluding hydrogens is 366 g/mol. The summed E-state index contributed by atoms with van der Waals surface area (Å²) in [5.74, 6) is 1.04. The predicted molar refractivity (Wildman–Crippen MR) is 115 cm³/mol. The first-order chi connectivity index (χ1) is 13.8. The largest absolute Gasteiger partial charge is 0.477 e. The molecule has 4 nitrogen and oxygen atoms in total. The van der Waals surface area contributed by atoms with Gasteiger partial charge in [0.1, 0.15) is 17.5 Å². The first-order valence-electron chi connectivity index (χ1n) is 9.46. The van der Waals surface area contributed by atoms with Crippen molar-refractivity contribution in [3.8, 4) is 5.75 Å². The van der Waals surface area contributed by atoms with Gasteiger partial charge in [0, 0.05) is 35.4 Å². The summed E-state index contributed by atoms with van der Waals surface area (Å²) in [6.45, 7) is 2.28. The summed E-state index contributed by atoms with van der Waals surface area (Å²) >= 11 is 1.77. The summed E-state index contributed by atoms with van der Waals surface area (Å²) in [6.07, 6.45) is 0. The van der Waals surface area contributed by atoms with Gasteiger partial charge in [-0.25, -0.2) is 4.98 Å². The molecule has 28 heavy (non-hydrogen) atoms. The van der Waals surface area contributed by atoms with E-state index in [0.717, 1.165) is 29.4 Å².